The number of phenols is 1. The Morgan fingerprint density at radius 1 is 1.29 bits per heavy atom. The molecule has 1 aromatic rings. The van der Waals surface area contributed by atoms with Crippen molar-refractivity contribution in [2.45, 2.75) is 16.6 Å². The lowest BCUT2D eigenvalue weighted by Gasteiger charge is -2.07. The Hall–Kier alpha value is -0.190. The first-order chi connectivity index (χ1) is 6.34. The Morgan fingerprint density at radius 3 is 2.57 bits per heavy atom. The van der Waals surface area contributed by atoms with Crippen LogP contribution in [0.4, 0.5) is 0 Å². The van der Waals surface area contributed by atoms with E-state index in [0.717, 1.165) is 13.1 Å². The Balaban J connectivity index is 0.000000980. The molecule has 2 rings (SSSR count). The molecule has 1 aromatic carbocycles. The van der Waals surface area contributed by atoms with Gasteiger partial charge in [0, 0.05) is 16.7 Å². The first-order valence-corrected chi connectivity index (χ1v) is 5.39. The number of hydrogen-bond donors (Lipinski definition) is 2. The van der Waals surface area contributed by atoms with Crippen molar-refractivity contribution < 1.29 is 5.11 Å². The Bertz CT molecular complexity index is 272. The summed E-state index contributed by atoms with van der Waals surface area (Å²) in [6.45, 7) is 2.24. The van der Waals surface area contributed by atoms with Gasteiger partial charge in [-0.1, -0.05) is 0 Å². The van der Waals surface area contributed by atoms with E-state index >= 15 is 0 Å². The molecule has 1 unspecified atom stereocenters. The number of benzene rings is 1. The maximum atomic E-state index is 9.10. The number of halogens is 1. The van der Waals surface area contributed by atoms with E-state index in [2.05, 4.69) is 5.32 Å². The van der Waals surface area contributed by atoms with Crippen LogP contribution in [0.2, 0.25) is 0 Å². The largest absolute Gasteiger partial charge is 0.508 e. The zero-order valence-corrected chi connectivity index (χ0v) is 10.3. The second kappa shape index (κ2) is 5.63. The molecule has 0 radical (unpaired) electrons. The van der Waals surface area contributed by atoms with Crippen LogP contribution in [0, 0.1) is 0 Å². The first-order valence-electron chi connectivity index (χ1n) is 4.51. The molecule has 0 saturated carbocycles. The van der Waals surface area contributed by atoms with Crippen LogP contribution in [0.15, 0.2) is 29.2 Å². The molecule has 0 aromatic heterocycles. The summed E-state index contributed by atoms with van der Waals surface area (Å²) in [7, 11) is 0. The molecule has 1 atom stereocenters. The van der Waals surface area contributed by atoms with Crippen LogP contribution in [-0.4, -0.2) is 23.4 Å². The standard InChI is InChI=1S/C10H13NOS.BrH/c12-8-1-3-9(4-2-8)13-10-5-6-11-7-10;/h1-4,10-12H,5-7H2;1H. The quantitative estimate of drug-likeness (QED) is 0.870. The van der Waals surface area contributed by atoms with Crippen LogP contribution in [-0.2, 0) is 0 Å². The SMILES string of the molecule is Br.Oc1ccc(SC2CCNC2)cc1. The molecular weight excluding hydrogens is 262 g/mol. The van der Waals surface area contributed by atoms with Gasteiger partial charge < -0.3 is 10.4 Å². The Morgan fingerprint density at radius 2 is 2.00 bits per heavy atom. The van der Waals surface area contributed by atoms with E-state index in [-0.39, 0.29) is 17.0 Å². The topological polar surface area (TPSA) is 32.3 Å². The van der Waals surface area contributed by atoms with Crippen molar-refractivity contribution in [2.75, 3.05) is 13.1 Å². The smallest absolute Gasteiger partial charge is 0.115 e. The summed E-state index contributed by atoms with van der Waals surface area (Å²) in [4.78, 5) is 1.24. The summed E-state index contributed by atoms with van der Waals surface area (Å²) in [5, 5.41) is 13.1. The van der Waals surface area contributed by atoms with Crippen LogP contribution >= 0.6 is 28.7 Å². The highest BCUT2D eigenvalue weighted by molar-refractivity contribution is 8.93. The third kappa shape index (κ3) is 3.19. The average Bonchev–Trinajstić information content (AvgIpc) is 2.62. The van der Waals surface area contributed by atoms with E-state index in [1.165, 1.54) is 11.3 Å². The van der Waals surface area contributed by atoms with E-state index in [1.54, 1.807) is 12.1 Å². The van der Waals surface area contributed by atoms with Gasteiger partial charge in [-0.2, -0.15) is 0 Å². The molecule has 2 N–H and O–H groups in total. The highest BCUT2D eigenvalue weighted by Crippen LogP contribution is 2.27. The maximum absolute atomic E-state index is 9.10. The molecule has 0 bridgehead atoms. The molecule has 1 aliphatic rings. The molecule has 1 saturated heterocycles. The normalized spacial score (nSPS) is 20.4. The fourth-order valence-corrected chi connectivity index (χ4v) is 2.56. The summed E-state index contributed by atoms with van der Waals surface area (Å²) in [6, 6.07) is 7.42. The molecule has 0 amide bonds. The zero-order valence-electron chi connectivity index (χ0n) is 7.77. The van der Waals surface area contributed by atoms with Crippen molar-refractivity contribution in [3.05, 3.63) is 24.3 Å². The van der Waals surface area contributed by atoms with Gasteiger partial charge in [0.25, 0.3) is 0 Å². The molecule has 1 fully saturated rings. The van der Waals surface area contributed by atoms with Crippen molar-refractivity contribution in [1.29, 1.82) is 0 Å². The molecule has 0 aliphatic carbocycles. The first kappa shape index (κ1) is 11.9. The number of thioether (sulfide) groups is 1. The van der Waals surface area contributed by atoms with E-state index in [4.69, 9.17) is 5.11 Å². The van der Waals surface area contributed by atoms with Crippen LogP contribution in [0.25, 0.3) is 0 Å². The fourth-order valence-electron chi connectivity index (χ4n) is 1.45. The van der Waals surface area contributed by atoms with Crippen molar-refractivity contribution >= 4 is 28.7 Å². The Kier molecular flexibility index (Phi) is 4.78. The molecule has 78 valence electrons. The summed E-state index contributed by atoms with van der Waals surface area (Å²) >= 11 is 1.89. The third-order valence-corrected chi connectivity index (χ3v) is 3.43. The number of aromatic hydroxyl groups is 1. The predicted octanol–water partition coefficient (Wildman–Crippen LogP) is 2.42. The maximum Gasteiger partial charge on any atom is 0.115 e. The summed E-state index contributed by atoms with van der Waals surface area (Å²) < 4.78 is 0. The van der Waals surface area contributed by atoms with Crippen molar-refractivity contribution in [3.63, 3.8) is 0 Å². The summed E-state index contributed by atoms with van der Waals surface area (Å²) in [6.07, 6.45) is 1.24. The van der Waals surface area contributed by atoms with Gasteiger partial charge in [0.1, 0.15) is 5.75 Å². The van der Waals surface area contributed by atoms with Crippen LogP contribution in [0.1, 0.15) is 6.42 Å². The summed E-state index contributed by atoms with van der Waals surface area (Å²) in [5.41, 5.74) is 0. The van der Waals surface area contributed by atoms with Gasteiger partial charge in [0.15, 0.2) is 0 Å². The number of phenolic OH excluding ortho intramolecular Hbond substituents is 1. The number of hydrogen-bond acceptors (Lipinski definition) is 3. The number of rotatable bonds is 2. The van der Waals surface area contributed by atoms with Crippen LogP contribution in [0.3, 0.4) is 0 Å². The van der Waals surface area contributed by atoms with Gasteiger partial charge in [-0.15, -0.1) is 28.7 Å². The van der Waals surface area contributed by atoms with Crippen molar-refractivity contribution in [1.82, 2.24) is 5.32 Å². The highest BCUT2D eigenvalue weighted by Gasteiger charge is 2.14. The molecule has 1 heterocycles. The van der Waals surface area contributed by atoms with Crippen molar-refractivity contribution in [3.8, 4) is 5.75 Å². The fraction of sp³-hybridized carbons (Fsp3) is 0.400. The minimum absolute atomic E-state index is 0. The van der Waals surface area contributed by atoms with Crippen LogP contribution in [0.5, 0.6) is 5.75 Å². The van der Waals surface area contributed by atoms with Gasteiger partial charge in [-0.05, 0) is 37.2 Å². The van der Waals surface area contributed by atoms with Gasteiger partial charge >= 0.3 is 0 Å². The lowest BCUT2D eigenvalue weighted by Crippen LogP contribution is -2.09. The molecule has 2 nitrogen and oxygen atoms in total. The lowest BCUT2D eigenvalue weighted by atomic mass is 10.3. The average molecular weight is 276 g/mol. The van der Waals surface area contributed by atoms with Crippen molar-refractivity contribution in [2.24, 2.45) is 0 Å². The van der Waals surface area contributed by atoms with E-state index < -0.39 is 0 Å². The molecule has 4 heteroatoms. The second-order valence-electron chi connectivity index (χ2n) is 3.23. The summed E-state index contributed by atoms with van der Waals surface area (Å²) in [5.74, 6) is 0.342. The van der Waals surface area contributed by atoms with E-state index in [1.807, 2.05) is 23.9 Å². The Labute approximate surface area is 98.9 Å². The number of nitrogens with one attached hydrogen (secondary N) is 1. The van der Waals surface area contributed by atoms with Gasteiger partial charge in [-0.25, -0.2) is 0 Å². The van der Waals surface area contributed by atoms with Gasteiger partial charge in [0.2, 0.25) is 0 Å². The molecular formula is C10H14BrNOS. The van der Waals surface area contributed by atoms with E-state index in [0.29, 0.717) is 11.0 Å². The monoisotopic (exact) mass is 275 g/mol. The highest BCUT2D eigenvalue weighted by atomic mass is 79.9. The van der Waals surface area contributed by atoms with Gasteiger partial charge in [-0.3, -0.25) is 0 Å². The minimum Gasteiger partial charge on any atom is -0.508 e. The van der Waals surface area contributed by atoms with E-state index in [9.17, 15) is 0 Å². The third-order valence-electron chi connectivity index (χ3n) is 2.15. The van der Waals surface area contributed by atoms with Gasteiger partial charge in [0.05, 0.1) is 0 Å². The van der Waals surface area contributed by atoms with Crippen LogP contribution < -0.4 is 5.32 Å². The zero-order chi connectivity index (χ0) is 9.10. The molecule has 14 heavy (non-hydrogen) atoms. The predicted molar refractivity (Wildman–Crippen MR) is 65.6 cm³/mol. The lowest BCUT2D eigenvalue weighted by molar-refractivity contribution is 0.475. The molecule has 1 aliphatic heterocycles. The molecule has 0 spiro atoms. The second-order valence-corrected chi connectivity index (χ2v) is 4.60. The minimum atomic E-state index is 0.